The van der Waals surface area contributed by atoms with Gasteiger partial charge in [-0.15, -0.1) is 0 Å². The zero-order chi connectivity index (χ0) is 8.48. The van der Waals surface area contributed by atoms with Crippen LogP contribution in [0, 0.1) is 11.8 Å². The first kappa shape index (κ1) is 8.88. The van der Waals surface area contributed by atoms with E-state index in [1.165, 1.54) is 6.92 Å². The van der Waals surface area contributed by atoms with Crippen LogP contribution in [0.5, 0.6) is 0 Å². The Morgan fingerprint density at radius 1 is 1.36 bits per heavy atom. The number of alkyl halides is 3. The molecule has 0 aliphatic heterocycles. The molecule has 1 rings (SSSR count). The fourth-order valence-corrected chi connectivity index (χ4v) is 1.06. The molecule has 0 saturated heterocycles. The summed E-state index contributed by atoms with van der Waals surface area (Å²) in [5.74, 6) is -0.497. The van der Waals surface area contributed by atoms with Crippen molar-refractivity contribution >= 4 is 0 Å². The molecule has 0 N–H and O–H groups in total. The van der Waals surface area contributed by atoms with Crippen LogP contribution in [0.4, 0.5) is 13.2 Å². The maximum atomic E-state index is 11.9. The van der Waals surface area contributed by atoms with Gasteiger partial charge in [-0.2, -0.15) is 13.2 Å². The van der Waals surface area contributed by atoms with Gasteiger partial charge in [0.25, 0.3) is 0 Å². The molecule has 66 valence electrons. The Morgan fingerprint density at radius 2 is 1.91 bits per heavy atom. The van der Waals surface area contributed by atoms with Crippen molar-refractivity contribution in [1.82, 2.24) is 0 Å². The molecule has 11 heavy (non-hydrogen) atoms. The van der Waals surface area contributed by atoms with E-state index in [0.29, 0.717) is 12.3 Å². The van der Waals surface area contributed by atoms with Gasteiger partial charge >= 0.3 is 6.18 Å². The number of hydrogen-bond acceptors (Lipinski definition) is 0. The van der Waals surface area contributed by atoms with Crippen molar-refractivity contribution in [1.29, 1.82) is 0 Å². The summed E-state index contributed by atoms with van der Waals surface area (Å²) in [6.07, 6.45) is -0.612. The molecule has 0 aromatic rings. The van der Waals surface area contributed by atoms with E-state index in [4.69, 9.17) is 0 Å². The van der Waals surface area contributed by atoms with E-state index >= 15 is 0 Å². The predicted molar refractivity (Wildman–Crippen MR) is 37.2 cm³/mol. The van der Waals surface area contributed by atoms with Crippen LogP contribution in [0.15, 0.2) is 0 Å². The van der Waals surface area contributed by atoms with Crippen LogP contribution in [0.2, 0.25) is 0 Å². The fraction of sp³-hybridized carbons (Fsp3) is 1.00. The van der Waals surface area contributed by atoms with Crippen molar-refractivity contribution in [2.24, 2.45) is 11.8 Å². The van der Waals surface area contributed by atoms with Crippen molar-refractivity contribution < 1.29 is 13.2 Å². The third-order valence-corrected chi connectivity index (χ3v) is 2.26. The Morgan fingerprint density at radius 3 is 2.27 bits per heavy atom. The van der Waals surface area contributed by atoms with Crippen LogP contribution < -0.4 is 0 Å². The number of hydrogen-bond donors (Lipinski definition) is 0. The van der Waals surface area contributed by atoms with Gasteiger partial charge in [0.05, 0.1) is 5.92 Å². The normalized spacial score (nSPS) is 21.8. The molecule has 0 bridgehead atoms. The van der Waals surface area contributed by atoms with Crippen LogP contribution in [-0.2, 0) is 0 Å². The molecule has 0 aromatic carbocycles. The zero-order valence-corrected chi connectivity index (χ0v) is 6.62. The topological polar surface area (TPSA) is 0 Å². The van der Waals surface area contributed by atoms with Crippen LogP contribution in [0.25, 0.3) is 0 Å². The lowest BCUT2D eigenvalue weighted by molar-refractivity contribution is -0.171. The highest BCUT2D eigenvalue weighted by molar-refractivity contribution is 4.75. The van der Waals surface area contributed by atoms with Gasteiger partial charge in [-0.3, -0.25) is 0 Å². The van der Waals surface area contributed by atoms with Crippen molar-refractivity contribution in [3.05, 3.63) is 0 Å². The average molecular weight is 166 g/mol. The van der Waals surface area contributed by atoms with Crippen molar-refractivity contribution in [3.8, 4) is 0 Å². The molecule has 0 nitrogen and oxygen atoms in total. The third kappa shape index (κ3) is 3.12. The van der Waals surface area contributed by atoms with Crippen LogP contribution >= 0.6 is 0 Å². The lowest BCUT2D eigenvalue weighted by Gasteiger charge is -2.14. The zero-order valence-electron chi connectivity index (χ0n) is 6.62. The summed E-state index contributed by atoms with van der Waals surface area (Å²) in [6.45, 7) is 1.27. The quantitative estimate of drug-likeness (QED) is 0.603. The first-order valence-electron chi connectivity index (χ1n) is 4.07. The minimum Gasteiger partial charge on any atom is -0.171 e. The second kappa shape index (κ2) is 3.03. The highest BCUT2D eigenvalue weighted by atomic mass is 19.4. The van der Waals surface area contributed by atoms with Gasteiger partial charge < -0.3 is 0 Å². The molecular weight excluding hydrogens is 153 g/mol. The summed E-state index contributed by atoms with van der Waals surface area (Å²) in [4.78, 5) is 0. The van der Waals surface area contributed by atoms with E-state index < -0.39 is 12.1 Å². The molecule has 1 saturated carbocycles. The second-order valence-corrected chi connectivity index (χ2v) is 3.46. The first-order chi connectivity index (χ1) is 5.00. The highest BCUT2D eigenvalue weighted by Crippen LogP contribution is 2.37. The van der Waals surface area contributed by atoms with E-state index in [9.17, 15) is 13.2 Å². The average Bonchev–Trinajstić information content (AvgIpc) is 2.62. The van der Waals surface area contributed by atoms with E-state index in [-0.39, 0.29) is 0 Å². The molecule has 1 fully saturated rings. The largest absolute Gasteiger partial charge is 0.391 e. The standard InChI is InChI=1S/C8H13F3/c1-6(8(9,10)11)2-3-7-4-5-7/h6-7H,2-5H2,1H3. The highest BCUT2D eigenvalue weighted by Gasteiger charge is 2.36. The maximum Gasteiger partial charge on any atom is 0.391 e. The van der Waals surface area contributed by atoms with Gasteiger partial charge in [0.15, 0.2) is 0 Å². The lowest BCUT2D eigenvalue weighted by Crippen LogP contribution is -2.19. The number of halogens is 3. The van der Waals surface area contributed by atoms with E-state index in [0.717, 1.165) is 19.3 Å². The SMILES string of the molecule is CC(CCC1CC1)C(F)(F)F. The monoisotopic (exact) mass is 166 g/mol. The van der Waals surface area contributed by atoms with Crippen LogP contribution in [0.3, 0.4) is 0 Å². The summed E-state index contributed by atoms with van der Waals surface area (Å²) in [6, 6.07) is 0. The first-order valence-corrected chi connectivity index (χ1v) is 4.07. The minimum absolute atomic E-state index is 0.314. The molecule has 0 heterocycles. The summed E-state index contributed by atoms with van der Waals surface area (Å²) in [5.41, 5.74) is 0. The Bertz CT molecular complexity index is 124. The van der Waals surface area contributed by atoms with Gasteiger partial charge in [-0.25, -0.2) is 0 Å². The van der Waals surface area contributed by atoms with Crippen molar-refractivity contribution in [2.75, 3.05) is 0 Å². The molecule has 0 radical (unpaired) electrons. The smallest absolute Gasteiger partial charge is 0.171 e. The Balaban J connectivity index is 2.13. The molecule has 1 aliphatic rings. The van der Waals surface area contributed by atoms with Gasteiger partial charge in [0.2, 0.25) is 0 Å². The van der Waals surface area contributed by atoms with Gasteiger partial charge in [0, 0.05) is 0 Å². The third-order valence-electron chi connectivity index (χ3n) is 2.26. The molecule has 1 atom stereocenters. The molecule has 1 unspecified atom stereocenters. The van der Waals surface area contributed by atoms with Crippen molar-refractivity contribution in [3.63, 3.8) is 0 Å². The van der Waals surface area contributed by atoms with Crippen LogP contribution in [-0.4, -0.2) is 6.18 Å². The van der Waals surface area contributed by atoms with Crippen LogP contribution in [0.1, 0.15) is 32.6 Å². The number of rotatable bonds is 3. The molecule has 3 heteroatoms. The van der Waals surface area contributed by atoms with E-state index in [1.807, 2.05) is 0 Å². The molecule has 1 aliphatic carbocycles. The molecular formula is C8H13F3. The molecule has 0 aromatic heterocycles. The minimum atomic E-state index is -3.98. The van der Waals surface area contributed by atoms with Gasteiger partial charge in [-0.05, 0) is 18.8 Å². The predicted octanol–water partition coefficient (Wildman–Crippen LogP) is 3.38. The maximum absolute atomic E-state index is 11.9. The molecule has 0 amide bonds. The summed E-state index contributed by atoms with van der Waals surface area (Å²) >= 11 is 0. The Hall–Kier alpha value is -0.210. The van der Waals surface area contributed by atoms with E-state index in [1.54, 1.807) is 0 Å². The summed E-state index contributed by atoms with van der Waals surface area (Å²) in [7, 11) is 0. The lowest BCUT2D eigenvalue weighted by atomic mass is 10.0. The Labute approximate surface area is 64.8 Å². The molecule has 0 spiro atoms. The van der Waals surface area contributed by atoms with Crippen molar-refractivity contribution in [2.45, 2.75) is 38.8 Å². The summed E-state index contributed by atoms with van der Waals surface area (Å²) < 4.78 is 35.8. The second-order valence-electron chi connectivity index (χ2n) is 3.46. The van der Waals surface area contributed by atoms with Gasteiger partial charge in [-0.1, -0.05) is 19.8 Å². The summed E-state index contributed by atoms with van der Waals surface area (Å²) in [5, 5.41) is 0. The fourth-order valence-electron chi connectivity index (χ4n) is 1.06. The van der Waals surface area contributed by atoms with E-state index in [2.05, 4.69) is 0 Å². The Kier molecular flexibility index (Phi) is 2.45. The van der Waals surface area contributed by atoms with Gasteiger partial charge in [0.1, 0.15) is 0 Å².